The number of hydrogen-bond acceptors (Lipinski definition) is 7. The minimum atomic E-state index is -0.833. The van der Waals surface area contributed by atoms with Gasteiger partial charge in [-0.25, -0.2) is 0 Å². The Labute approximate surface area is 123 Å². The van der Waals surface area contributed by atoms with Gasteiger partial charge in [0, 0.05) is 24.6 Å². The molecule has 0 amide bonds. The van der Waals surface area contributed by atoms with E-state index >= 15 is 0 Å². The van der Waals surface area contributed by atoms with E-state index in [1.165, 1.54) is 0 Å². The number of rotatable bonds is 4. The van der Waals surface area contributed by atoms with Crippen LogP contribution in [0.1, 0.15) is 12.5 Å². The van der Waals surface area contributed by atoms with Crippen LogP contribution in [0.2, 0.25) is 0 Å². The van der Waals surface area contributed by atoms with Crippen molar-refractivity contribution in [3.8, 4) is 0 Å². The molecule has 12 heteroatoms. The van der Waals surface area contributed by atoms with Crippen molar-refractivity contribution in [3.63, 3.8) is 0 Å². The second kappa shape index (κ2) is 8.57. The van der Waals surface area contributed by atoms with Crippen LogP contribution in [0.15, 0.2) is 28.4 Å². The molecule has 0 saturated carbocycles. The van der Waals surface area contributed by atoms with Gasteiger partial charge in [-0.1, -0.05) is 0 Å². The molecule has 0 saturated heterocycles. The van der Waals surface area contributed by atoms with Gasteiger partial charge in [-0.15, -0.1) is 5.10 Å². The first-order valence-corrected chi connectivity index (χ1v) is 5.39. The van der Waals surface area contributed by atoms with Gasteiger partial charge >= 0.3 is 0 Å². The predicted molar refractivity (Wildman–Crippen MR) is 76.5 cm³/mol. The topological polar surface area (TPSA) is 200 Å². The van der Waals surface area contributed by atoms with Gasteiger partial charge in [0.05, 0.1) is 22.1 Å². The van der Waals surface area contributed by atoms with E-state index in [0.29, 0.717) is 0 Å². The fourth-order valence-electron chi connectivity index (χ4n) is 1.07. The summed E-state index contributed by atoms with van der Waals surface area (Å²) in [7, 11) is 0. The molecule has 0 atom stereocenters. The number of benzene rings is 1. The highest BCUT2D eigenvalue weighted by atomic mass is 16.6. The summed E-state index contributed by atoms with van der Waals surface area (Å²) in [5, 5.41) is 35.3. The van der Waals surface area contributed by atoms with Gasteiger partial charge in [0.15, 0.2) is 0 Å². The molecule has 0 aliphatic carbocycles. The maximum absolute atomic E-state index is 10.6. The summed E-state index contributed by atoms with van der Waals surface area (Å²) in [6.07, 6.45) is 1.07. The fourth-order valence-corrected chi connectivity index (χ4v) is 1.07. The third-order valence-corrected chi connectivity index (χ3v) is 1.73. The largest absolute Gasteiger partial charge is 0.481 e. The van der Waals surface area contributed by atoms with Crippen molar-refractivity contribution < 1.29 is 19.7 Å². The van der Waals surface area contributed by atoms with Crippen LogP contribution in [-0.4, -0.2) is 33.1 Å². The molecule has 1 aromatic rings. The molecular formula is C10H12N6O6. The van der Waals surface area contributed by atoms with Crippen molar-refractivity contribution in [1.82, 2.24) is 0 Å². The Morgan fingerprint density at radius 3 is 1.91 bits per heavy atom. The fraction of sp³-hybridized carbons (Fsp3) is 0.100. The minimum absolute atomic E-state index is 0.140. The molecule has 0 unspecified atom stereocenters. The Bertz CT molecular complexity index is 601. The molecule has 0 aliphatic heterocycles. The summed E-state index contributed by atoms with van der Waals surface area (Å²) in [6.45, 7) is 1.08. The number of aliphatic carboxylic acids is 1. The van der Waals surface area contributed by atoms with Gasteiger partial charge in [-0.2, -0.15) is 5.10 Å². The van der Waals surface area contributed by atoms with Crippen LogP contribution in [0.3, 0.4) is 0 Å². The highest BCUT2D eigenvalue weighted by Gasteiger charge is 2.15. The molecule has 1 aromatic carbocycles. The molecule has 0 aromatic heterocycles. The summed E-state index contributed by atoms with van der Waals surface area (Å²) in [4.78, 5) is 28.7. The Hall–Kier alpha value is -3.57. The Kier molecular flexibility index (Phi) is 7.18. The average Bonchev–Trinajstić information content (AvgIpc) is 2.37. The molecule has 0 radical (unpaired) electrons. The number of nitro benzene ring substituents is 2. The van der Waals surface area contributed by atoms with Gasteiger partial charge in [0.2, 0.25) is 5.96 Å². The molecule has 12 nitrogen and oxygen atoms in total. The van der Waals surface area contributed by atoms with Gasteiger partial charge < -0.3 is 16.6 Å². The lowest BCUT2D eigenvalue weighted by Crippen LogP contribution is -2.21. The SMILES string of the molecule is CC(=O)O.NC(N)=N/N=C/c1cc([N+](=O)[O-])cc([N+](=O)[O-])c1. The number of carboxylic acid groups (broad SMARTS) is 1. The van der Waals surface area contributed by atoms with E-state index in [0.717, 1.165) is 31.3 Å². The molecule has 0 fully saturated rings. The molecule has 0 spiro atoms. The summed E-state index contributed by atoms with van der Waals surface area (Å²) < 4.78 is 0. The molecule has 118 valence electrons. The van der Waals surface area contributed by atoms with Crippen molar-refractivity contribution in [2.75, 3.05) is 0 Å². The third kappa shape index (κ3) is 7.78. The third-order valence-electron chi connectivity index (χ3n) is 1.73. The van der Waals surface area contributed by atoms with Gasteiger partial charge in [0.25, 0.3) is 17.3 Å². The van der Waals surface area contributed by atoms with Crippen molar-refractivity contribution in [1.29, 1.82) is 0 Å². The molecular weight excluding hydrogens is 300 g/mol. The molecule has 0 heterocycles. The van der Waals surface area contributed by atoms with Crippen LogP contribution in [0.5, 0.6) is 0 Å². The zero-order valence-corrected chi connectivity index (χ0v) is 11.2. The monoisotopic (exact) mass is 312 g/mol. The van der Waals surface area contributed by atoms with E-state index in [4.69, 9.17) is 21.4 Å². The van der Waals surface area contributed by atoms with Crippen molar-refractivity contribution in [2.45, 2.75) is 6.92 Å². The van der Waals surface area contributed by atoms with Crippen molar-refractivity contribution in [3.05, 3.63) is 44.0 Å². The van der Waals surface area contributed by atoms with E-state index in [-0.39, 0.29) is 11.5 Å². The number of nitrogens with zero attached hydrogens (tertiary/aromatic N) is 4. The lowest BCUT2D eigenvalue weighted by Gasteiger charge is -1.95. The van der Waals surface area contributed by atoms with Gasteiger partial charge in [-0.3, -0.25) is 25.0 Å². The van der Waals surface area contributed by atoms with E-state index in [1.54, 1.807) is 0 Å². The maximum atomic E-state index is 10.6. The number of carboxylic acids is 1. The zero-order valence-electron chi connectivity index (χ0n) is 11.2. The number of nitrogens with two attached hydrogens (primary N) is 2. The Morgan fingerprint density at radius 1 is 1.18 bits per heavy atom. The number of guanidine groups is 1. The molecule has 1 rings (SSSR count). The van der Waals surface area contributed by atoms with Crippen LogP contribution in [0, 0.1) is 20.2 Å². The van der Waals surface area contributed by atoms with Gasteiger partial charge in [0.1, 0.15) is 0 Å². The summed E-state index contributed by atoms with van der Waals surface area (Å²) in [5.74, 6) is -1.13. The second-order valence-electron chi connectivity index (χ2n) is 3.59. The molecule has 0 aliphatic rings. The van der Waals surface area contributed by atoms with E-state index in [1.807, 2.05) is 0 Å². The van der Waals surface area contributed by atoms with E-state index in [2.05, 4.69) is 10.2 Å². The first-order valence-electron chi connectivity index (χ1n) is 5.39. The average molecular weight is 312 g/mol. The first kappa shape index (κ1) is 18.4. The van der Waals surface area contributed by atoms with Crippen LogP contribution >= 0.6 is 0 Å². The standard InChI is InChI=1S/C8H8N6O4.C2H4O2/c9-8(10)12-11-4-5-1-6(13(15)16)3-7(2-5)14(17)18;1-2(3)4/h1-4H,(H4,9,10,12);1H3,(H,3,4)/b11-4+;. The zero-order chi connectivity index (χ0) is 17.3. The van der Waals surface area contributed by atoms with Crippen LogP contribution in [0.4, 0.5) is 11.4 Å². The summed E-state index contributed by atoms with van der Waals surface area (Å²) >= 11 is 0. The van der Waals surface area contributed by atoms with Crippen molar-refractivity contribution >= 4 is 29.5 Å². The lowest BCUT2D eigenvalue weighted by atomic mass is 10.2. The number of hydrogen-bond donors (Lipinski definition) is 3. The highest BCUT2D eigenvalue weighted by molar-refractivity contribution is 5.83. The van der Waals surface area contributed by atoms with Gasteiger partial charge in [-0.05, 0) is 0 Å². The first-order chi connectivity index (χ1) is 10.1. The van der Waals surface area contributed by atoms with E-state index < -0.39 is 27.2 Å². The number of nitro groups is 2. The second-order valence-corrected chi connectivity index (χ2v) is 3.59. The van der Waals surface area contributed by atoms with Crippen LogP contribution in [-0.2, 0) is 4.79 Å². The maximum Gasteiger partial charge on any atom is 0.300 e. The minimum Gasteiger partial charge on any atom is -0.481 e. The molecule has 22 heavy (non-hydrogen) atoms. The number of carbonyl (C=O) groups is 1. The molecule has 5 N–H and O–H groups in total. The van der Waals surface area contributed by atoms with Crippen LogP contribution in [0.25, 0.3) is 0 Å². The quantitative estimate of drug-likeness (QED) is 0.302. The smallest absolute Gasteiger partial charge is 0.300 e. The van der Waals surface area contributed by atoms with E-state index in [9.17, 15) is 20.2 Å². The predicted octanol–water partition coefficient (Wildman–Crippen LogP) is 0.201. The van der Waals surface area contributed by atoms with Crippen LogP contribution < -0.4 is 11.5 Å². The Morgan fingerprint density at radius 2 is 1.59 bits per heavy atom. The summed E-state index contributed by atoms with van der Waals surface area (Å²) in [6, 6.07) is 3.06. The summed E-state index contributed by atoms with van der Waals surface area (Å²) in [5.41, 5.74) is 9.32. The molecule has 0 bridgehead atoms. The Balaban J connectivity index is 0.000000980. The normalized spacial score (nSPS) is 9.50. The highest BCUT2D eigenvalue weighted by Crippen LogP contribution is 2.21. The van der Waals surface area contributed by atoms with Crippen molar-refractivity contribution in [2.24, 2.45) is 21.7 Å². The lowest BCUT2D eigenvalue weighted by molar-refractivity contribution is -0.394. The number of non-ortho nitro benzene ring substituents is 2.